The molecule has 0 spiro atoms. The molecule has 1 aromatic rings. The van der Waals surface area contributed by atoms with Gasteiger partial charge in [0.1, 0.15) is 17.4 Å². The third-order valence-electron chi connectivity index (χ3n) is 3.55. The molecule has 0 aliphatic heterocycles. The molecule has 0 amide bonds. The lowest BCUT2D eigenvalue weighted by molar-refractivity contribution is 0.620. The molecule has 2 aliphatic rings. The number of benzene rings is 1. The summed E-state index contributed by atoms with van der Waals surface area (Å²) < 4.78 is 13.6. The van der Waals surface area contributed by atoms with Crippen LogP contribution in [0, 0.1) is 23.1 Å². The third kappa shape index (κ3) is 2.12. The monoisotopic (exact) mass is 230 g/mol. The maximum atomic E-state index is 13.6. The molecule has 2 fully saturated rings. The minimum atomic E-state index is -0.397. The molecule has 0 N–H and O–H groups in total. The first-order valence-electron chi connectivity index (χ1n) is 6.25. The molecule has 0 atom stereocenters. The van der Waals surface area contributed by atoms with Crippen molar-refractivity contribution in [2.75, 3.05) is 11.4 Å². The van der Waals surface area contributed by atoms with E-state index in [0.29, 0.717) is 6.04 Å². The average Bonchev–Trinajstić information content (AvgIpc) is 3.17. The molecule has 2 aliphatic carbocycles. The Hall–Kier alpha value is -1.56. The minimum Gasteiger partial charge on any atom is -0.367 e. The summed E-state index contributed by atoms with van der Waals surface area (Å²) in [7, 11) is 0. The lowest BCUT2D eigenvalue weighted by atomic mass is 10.1. The van der Waals surface area contributed by atoms with Crippen LogP contribution in [0.3, 0.4) is 0 Å². The van der Waals surface area contributed by atoms with E-state index in [2.05, 4.69) is 4.90 Å². The predicted molar refractivity (Wildman–Crippen MR) is 64.2 cm³/mol. The maximum Gasteiger partial charge on any atom is 0.143 e. The highest BCUT2D eigenvalue weighted by atomic mass is 19.1. The summed E-state index contributed by atoms with van der Waals surface area (Å²) in [5, 5.41) is 9.08. The van der Waals surface area contributed by atoms with Crippen LogP contribution >= 0.6 is 0 Å². The number of hydrogen-bond acceptors (Lipinski definition) is 2. The van der Waals surface area contributed by atoms with Crippen molar-refractivity contribution in [1.29, 1.82) is 5.26 Å². The van der Waals surface area contributed by atoms with Crippen LogP contribution < -0.4 is 4.90 Å². The van der Waals surface area contributed by atoms with E-state index in [9.17, 15) is 4.39 Å². The number of anilines is 1. The normalized spacial score (nSPS) is 18.8. The van der Waals surface area contributed by atoms with Gasteiger partial charge >= 0.3 is 0 Å². The summed E-state index contributed by atoms with van der Waals surface area (Å²) in [5.41, 5.74) is 1.00. The first kappa shape index (κ1) is 10.6. The van der Waals surface area contributed by atoms with Gasteiger partial charge in [0.2, 0.25) is 0 Å². The van der Waals surface area contributed by atoms with Crippen molar-refractivity contribution in [3.05, 3.63) is 29.6 Å². The Balaban J connectivity index is 1.93. The van der Waals surface area contributed by atoms with Gasteiger partial charge in [-0.05, 0) is 43.7 Å². The SMILES string of the molecule is N#Cc1c(F)cccc1N(CC1CC1)C1CC1. The molecule has 1 aromatic carbocycles. The van der Waals surface area contributed by atoms with Crippen molar-refractivity contribution in [3.63, 3.8) is 0 Å². The van der Waals surface area contributed by atoms with Crippen LogP contribution in [0.1, 0.15) is 31.2 Å². The fraction of sp³-hybridized carbons (Fsp3) is 0.500. The van der Waals surface area contributed by atoms with E-state index in [1.807, 2.05) is 12.1 Å². The van der Waals surface area contributed by atoms with Gasteiger partial charge in [-0.2, -0.15) is 5.26 Å². The molecule has 0 bridgehead atoms. The van der Waals surface area contributed by atoms with Gasteiger partial charge < -0.3 is 4.90 Å². The molecule has 3 heteroatoms. The fourth-order valence-corrected chi connectivity index (χ4v) is 2.27. The van der Waals surface area contributed by atoms with Crippen LogP contribution in [-0.2, 0) is 0 Å². The Bertz CT molecular complexity index is 470. The highest BCUT2D eigenvalue weighted by Crippen LogP contribution is 2.39. The molecule has 3 rings (SSSR count). The van der Waals surface area contributed by atoms with Gasteiger partial charge in [-0.1, -0.05) is 6.07 Å². The van der Waals surface area contributed by atoms with Gasteiger partial charge in [-0.25, -0.2) is 4.39 Å². The van der Waals surface area contributed by atoms with Gasteiger partial charge in [0.25, 0.3) is 0 Å². The summed E-state index contributed by atoms with van der Waals surface area (Å²) in [6.07, 6.45) is 4.91. The quantitative estimate of drug-likeness (QED) is 0.794. The molecule has 0 radical (unpaired) electrons. The lowest BCUT2D eigenvalue weighted by Gasteiger charge is -2.25. The fourth-order valence-electron chi connectivity index (χ4n) is 2.27. The zero-order valence-corrected chi connectivity index (χ0v) is 9.69. The second kappa shape index (κ2) is 4.03. The molecule has 2 saturated carbocycles. The number of nitriles is 1. The molecule has 0 heterocycles. The van der Waals surface area contributed by atoms with Crippen LogP contribution in [0.2, 0.25) is 0 Å². The largest absolute Gasteiger partial charge is 0.367 e. The number of halogens is 1. The zero-order valence-electron chi connectivity index (χ0n) is 9.69. The first-order chi connectivity index (χ1) is 8.29. The highest BCUT2D eigenvalue weighted by Gasteiger charge is 2.35. The minimum absolute atomic E-state index is 0.208. The zero-order chi connectivity index (χ0) is 11.8. The van der Waals surface area contributed by atoms with E-state index in [0.717, 1.165) is 18.2 Å². The molecular formula is C14H15FN2. The number of hydrogen-bond donors (Lipinski definition) is 0. The number of nitrogens with zero attached hydrogens (tertiary/aromatic N) is 2. The summed E-state index contributed by atoms with van der Waals surface area (Å²) in [4.78, 5) is 2.25. The van der Waals surface area contributed by atoms with Crippen molar-refractivity contribution in [3.8, 4) is 6.07 Å². The summed E-state index contributed by atoms with van der Waals surface area (Å²) in [6.45, 7) is 0.989. The van der Waals surface area contributed by atoms with Crippen LogP contribution in [0.25, 0.3) is 0 Å². The van der Waals surface area contributed by atoms with Crippen molar-refractivity contribution in [2.24, 2.45) is 5.92 Å². The number of rotatable bonds is 4. The van der Waals surface area contributed by atoms with E-state index in [1.54, 1.807) is 6.07 Å². The molecule has 0 saturated heterocycles. The van der Waals surface area contributed by atoms with E-state index < -0.39 is 5.82 Å². The summed E-state index contributed by atoms with van der Waals surface area (Å²) in [6, 6.07) is 7.48. The Morgan fingerprint density at radius 2 is 2.06 bits per heavy atom. The van der Waals surface area contributed by atoms with Crippen molar-refractivity contribution < 1.29 is 4.39 Å². The Labute approximate surface area is 101 Å². The first-order valence-corrected chi connectivity index (χ1v) is 6.25. The van der Waals surface area contributed by atoms with E-state index in [1.165, 1.54) is 31.7 Å². The molecular weight excluding hydrogens is 215 g/mol. The van der Waals surface area contributed by atoms with Crippen molar-refractivity contribution in [2.45, 2.75) is 31.7 Å². The second-order valence-electron chi connectivity index (χ2n) is 5.07. The standard InChI is InChI=1S/C14H15FN2/c15-13-2-1-3-14(12(13)8-16)17(11-6-7-11)9-10-4-5-10/h1-3,10-11H,4-7,9H2. The average molecular weight is 230 g/mol. The topological polar surface area (TPSA) is 27.0 Å². The van der Waals surface area contributed by atoms with Crippen molar-refractivity contribution >= 4 is 5.69 Å². The van der Waals surface area contributed by atoms with Gasteiger partial charge in [0.15, 0.2) is 0 Å². The third-order valence-corrected chi connectivity index (χ3v) is 3.55. The van der Waals surface area contributed by atoms with Crippen LogP contribution in [-0.4, -0.2) is 12.6 Å². The molecule has 2 nitrogen and oxygen atoms in total. The summed E-state index contributed by atoms with van der Waals surface area (Å²) >= 11 is 0. The van der Waals surface area contributed by atoms with E-state index in [-0.39, 0.29) is 5.56 Å². The molecule has 88 valence electrons. The smallest absolute Gasteiger partial charge is 0.143 e. The van der Waals surface area contributed by atoms with Crippen LogP contribution in [0.15, 0.2) is 18.2 Å². The second-order valence-corrected chi connectivity index (χ2v) is 5.07. The van der Waals surface area contributed by atoms with Gasteiger partial charge in [-0.15, -0.1) is 0 Å². The maximum absolute atomic E-state index is 13.6. The summed E-state index contributed by atoms with van der Waals surface area (Å²) in [5.74, 6) is 0.358. The predicted octanol–water partition coefficient (Wildman–Crippen LogP) is 3.08. The Morgan fingerprint density at radius 1 is 1.29 bits per heavy atom. The Morgan fingerprint density at radius 3 is 2.65 bits per heavy atom. The highest BCUT2D eigenvalue weighted by molar-refractivity contribution is 5.61. The van der Waals surface area contributed by atoms with Gasteiger partial charge in [-0.3, -0.25) is 0 Å². The van der Waals surface area contributed by atoms with Crippen LogP contribution in [0.4, 0.5) is 10.1 Å². The Kier molecular flexibility index (Phi) is 2.51. The molecule has 0 aromatic heterocycles. The lowest BCUT2D eigenvalue weighted by Crippen LogP contribution is -2.29. The molecule has 17 heavy (non-hydrogen) atoms. The van der Waals surface area contributed by atoms with Gasteiger partial charge in [0, 0.05) is 12.6 Å². The van der Waals surface area contributed by atoms with Gasteiger partial charge in [0.05, 0.1) is 5.69 Å². The van der Waals surface area contributed by atoms with Crippen LogP contribution in [0.5, 0.6) is 0 Å². The molecule has 0 unspecified atom stereocenters. The van der Waals surface area contributed by atoms with E-state index in [4.69, 9.17) is 5.26 Å². The van der Waals surface area contributed by atoms with Crippen molar-refractivity contribution in [1.82, 2.24) is 0 Å². The van der Waals surface area contributed by atoms with E-state index >= 15 is 0 Å².